The van der Waals surface area contributed by atoms with Crippen molar-refractivity contribution < 1.29 is 18.0 Å². The van der Waals surface area contributed by atoms with Crippen molar-refractivity contribution in [1.29, 1.82) is 0 Å². The number of ketones is 1. The number of carbonyl (C=O) groups excluding carboxylic acids is 1. The fourth-order valence-electron chi connectivity index (χ4n) is 2.94. The number of carbonyl (C=O) groups is 1. The lowest BCUT2D eigenvalue weighted by Crippen LogP contribution is -2.27. The van der Waals surface area contributed by atoms with Crippen LogP contribution in [0.4, 0.5) is 18.9 Å². The van der Waals surface area contributed by atoms with Gasteiger partial charge in [-0.05, 0) is 17.0 Å². The molecular weight excluding hydrogens is 327 g/mol. The molecule has 0 saturated carbocycles. The predicted molar refractivity (Wildman–Crippen MR) is 92.9 cm³/mol. The van der Waals surface area contributed by atoms with Gasteiger partial charge in [0.05, 0.1) is 11.3 Å². The van der Waals surface area contributed by atoms with E-state index in [1.54, 1.807) is 30.1 Å². The Kier molecular flexibility index (Phi) is 4.49. The maximum atomic E-state index is 13.0. The van der Waals surface area contributed by atoms with Gasteiger partial charge in [-0.1, -0.05) is 60.7 Å². The number of hydrogen-bond donors (Lipinski definition) is 0. The van der Waals surface area contributed by atoms with E-state index in [0.29, 0.717) is 17.6 Å². The topological polar surface area (TPSA) is 20.3 Å². The molecule has 3 rings (SSSR count). The van der Waals surface area contributed by atoms with Crippen LogP contribution in [0.2, 0.25) is 0 Å². The Morgan fingerprint density at radius 2 is 1.56 bits per heavy atom. The van der Waals surface area contributed by atoms with E-state index in [2.05, 4.69) is 0 Å². The van der Waals surface area contributed by atoms with Gasteiger partial charge in [-0.2, -0.15) is 13.2 Å². The third kappa shape index (κ3) is 3.50. The van der Waals surface area contributed by atoms with E-state index in [4.69, 9.17) is 0 Å². The van der Waals surface area contributed by atoms with E-state index in [-0.39, 0.29) is 5.56 Å². The van der Waals surface area contributed by atoms with Crippen LogP contribution in [-0.2, 0) is 6.54 Å². The summed E-state index contributed by atoms with van der Waals surface area (Å²) in [6, 6.07) is 19.3. The molecule has 25 heavy (non-hydrogen) atoms. The van der Waals surface area contributed by atoms with Gasteiger partial charge < -0.3 is 4.90 Å². The molecule has 5 heteroatoms. The van der Waals surface area contributed by atoms with Crippen LogP contribution in [0.15, 0.2) is 66.7 Å². The average molecular weight is 343 g/mol. The first-order chi connectivity index (χ1) is 11.9. The maximum absolute atomic E-state index is 13.0. The van der Waals surface area contributed by atoms with Crippen molar-refractivity contribution in [2.24, 2.45) is 0 Å². The number of alkyl halides is 3. The van der Waals surface area contributed by atoms with Crippen molar-refractivity contribution in [2.75, 3.05) is 11.9 Å². The van der Waals surface area contributed by atoms with Gasteiger partial charge in [0.25, 0.3) is 5.78 Å². The highest BCUT2D eigenvalue weighted by Gasteiger charge is 2.41. The molecule has 0 aliphatic rings. The van der Waals surface area contributed by atoms with Gasteiger partial charge >= 0.3 is 6.18 Å². The number of rotatable bonds is 4. The fraction of sp³-hybridized carbons (Fsp3) is 0.150. The molecule has 0 unspecified atom stereocenters. The monoisotopic (exact) mass is 343 g/mol. The van der Waals surface area contributed by atoms with Crippen LogP contribution < -0.4 is 4.90 Å². The molecule has 3 aromatic carbocycles. The Morgan fingerprint density at radius 3 is 2.24 bits per heavy atom. The highest BCUT2D eigenvalue weighted by Crippen LogP contribution is 2.35. The fourth-order valence-corrected chi connectivity index (χ4v) is 2.94. The number of benzene rings is 3. The van der Waals surface area contributed by atoms with Gasteiger partial charge in [-0.15, -0.1) is 0 Å². The normalized spacial score (nSPS) is 11.5. The van der Waals surface area contributed by atoms with E-state index in [1.807, 2.05) is 42.5 Å². The standard InChI is InChI=1S/C20H16F3NO/c1-24(13-14-7-3-2-4-8-14)18-16-10-6-5-9-15(16)11-12-17(18)19(25)20(21,22)23/h2-12H,13H2,1H3. The zero-order chi connectivity index (χ0) is 18.0. The molecule has 0 aromatic heterocycles. The molecule has 0 N–H and O–H groups in total. The second kappa shape index (κ2) is 6.59. The zero-order valence-electron chi connectivity index (χ0n) is 13.5. The Hall–Kier alpha value is -2.82. The SMILES string of the molecule is CN(Cc1ccccc1)c1c(C(=O)C(F)(F)F)ccc2ccccc12. The Labute approximate surface area is 143 Å². The van der Waals surface area contributed by atoms with Crippen molar-refractivity contribution in [1.82, 2.24) is 0 Å². The van der Waals surface area contributed by atoms with Gasteiger partial charge in [0.15, 0.2) is 0 Å². The third-order valence-corrected chi connectivity index (χ3v) is 4.05. The summed E-state index contributed by atoms with van der Waals surface area (Å²) in [5, 5.41) is 1.41. The summed E-state index contributed by atoms with van der Waals surface area (Å²) in [5.41, 5.74) is 0.914. The highest BCUT2D eigenvalue weighted by atomic mass is 19.4. The Bertz CT molecular complexity index is 904. The summed E-state index contributed by atoms with van der Waals surface area (Å²) < 4.78 is 39.1. The summed E-state index contributed by atoms with van der Waals surface area (Å²) >= 11 is 0. The number of nitrogens with zero attached hydrogens (tertiary/aromatic N) is 1. The van der Waals surface area contributed by atoms with Crippen molar-refractivity contribution in [3.63, 3.8) is 0 Å². The van der Waals surface area contributed by atoms with Crippen molar-refractivity contribution in [3.8, 4) is 0 Å². The lowest BCUT2D eigenvalue weighted by Gasteiger charge is -2.24. The third-order valence-electron chi connectivity index (χ3n) is 4.05. The molecule has 0 fully saturated rings. The lowest BCUT2D eigenvalue weighted by atomic mass is 9.99. The molecule has 0 aliphatic heterocycles. The largest absolute Gasteiger partial charge is 0.454 e. The van der Waals surface area contributed by atoms with Gasteiger partial charge in [0, 0.05) is 19.0 Å². The first-order valence-electron chi connectivity index (χ1n) is 7.76. The smallest absolute Gasteiger partial charge is 0.369 e. The molecular formula is C20H16F3NO. The zero-order valence-corrected chi connectivity index (χ0v) is 13.5. The Balaban J connectivity index is 2.14. The van der Waals surface area contributed by atoms with E-state index < -0.39 is 12.0 Å². The molecule has 0 saturated heterocycles. The molecule has 0 bridgehead atoms. The van der Waals surface area contributed by atoms with Crippen LogP contribution in [0.3, 0.4) is 0 Å². The number of Topliss-reactive ketones (excluding diaryl/α,β-unsaturated/α-hetero) is 1. The second-order valence-electron chi connectivity index (χ2n) is 5.85. The van der Waals surface area contributed by atoms with Gasteiger partial charge in [-0.25, -0.2) is 0 Å². The molecule has 0 amide bonds. The molecule has 0 radical (unpaired) electrons. The van der Waals surface area contributed by atoms with E-state index in [9.17, 15) is 18.0 Å². The highest BCUT2D eigenvalue weighted by molar-refractivity contribution is 6.11. The minimum absolute atomic E-state index is 0.296. The van der Waals surface area contributed by atoms with Crippen LogP contribution in [0.5, 0.6) is 0 Å². The number of halogens is 3. The molecule has 2 nitrogen and oxygen atoms in total. The van der Waals surface area contributed by atoms with Crippen LogP contribution in [0.1, 0.15) is 15.9 Å². The molecule has 3 aromatic rings. The van der Waals surface area contributed by atoms with E-state index in [0.717, 1.165) is 10.9 Å². The molecule has 0 spiro atoms. The van der Waals surface area contributed by atoms with Gasteiger partial charge in [0.1, 0.15) is 0 Å². The number of hydrogen-bond acceptors (Lipinski definition) is 2. The second-order valence-corrected chi connectivity index (χ2v) is 5.85. The quantitative estimate of drug-likeness (QED) is 0.605. The van der Waals surface area contributed by atoms with Crippen LogP contribution in [0.25, 0.3) is 10.8 Å². The molecule has 0 atom stereocenters. The summed E-state index contributed by atoms with van der Waals surface area (Å²) in [7, 11) is 1.70. The summed E-state index contributed by atoms with van der Waals surface area (Å²) in [6.07, 6.45) is -4.91. The summed E-state index contributed by atoms with van der Waals surface area (Å²) in [5.74, 6) is -1.83. The van der Waals surface area contributed by atoms with Crippen LogP contribution >= 0.6 is 0 Å². The van der Waals surface area contributed by atoms with Gasteiger partial charge in [-0.3, -0.25) is 4.79 Å². The molecule has 0 aliphatic carbocycles. The minimum Gasteiger partial charge on any atom is -0.369 e. The Morgan fingerprint density at radius 1 is 0.920 bits per heavy atom. The van der Waals surface area contributed by atoms with Crippen molar-refractivity contribution >= 4 is 22.2 Å². The van der Waals surface area contributed by atoms with Crippen molar-refractivity contribution in [3.05, 3.63) is 77.9 Å². The van der Waals surface area contributed by atoms with Crippen molar-refractivity contribution in [2.45, 2.75) is 12.7 Å². The predicted octanol–water partition coefficient (Wildman–Crippen LogP) is 5.22. The van der Waals surface area contributed by atoms with Crippen LogP contribution in [0, 0.1) is 0 Å². The molecule has 128 valence electrons. The lowest BCUT2D eigenvalue weighted by molar-refractivity contribution is -0.0884. The maximum Gasteiger partial charge on any atom is 0.454 e. The average Bonchev–Trinajstić information content (AvgIpc) is 2.60. The van der Waals surface area contributed by atoms with E-state index in [1.165, 1.54) is 6.07 Å². The van der Waals surface area contributed by atoms with Crippen LogP contribution in [-0.4, -0.2) is 19.0 Å². The first kappa shape index (κ1) is 17.0. The number of anilines is 1. The first-order valence-corrected chi connectivity index (χ1v) is 7.76. The van der Waals surface area contributed by atoms with Gasteiger partial charge in [0.2, 0.25) is 0 Å². The minimum atomic E-state index is -4.91. The summed E-state index contributed by atoms with van der Waals surface area (Å²) in [6.45, 7) is 0.396. The molecule has 0 heterocycles. The summed E-state index contributed by atoms with van der Waals surface area (Å²) in [4.78, 5) is 13.6. The van der Waals surface area contributed by atoms with E-state index >= 15 is 0 Å². The number of fused-ring (bicyclic) bond motifs is 1.